The molecule has 0 bridgehead atoms. The van der Waals surface area contributed by atoms with Gasteiger partial charge in [-0.2, -0.15) is 0 Å². The van der Waals surface area contributed by atoms with Gasteiger partial charge in [-0.15, -0.1) is 0 Å². The van der Waals surface area contributed by atoms with E-state index < -0.39 is 0 Å². The van der Waals surface area contributed by atoms with E-state index in [-0.39, 0.29) is 6.29 Å². The molecule has 4 heteroatoms. The minimum Gasteiger partial charge on any atom is -0.377 e. The third kappa shape index (κ3) is 4.50. The van der Waals surface area contributed by atoms with Gasteiger partial charge >= 0.3 is 0 Å². The van der Waals surface area contributed by atoms with Crippen molar-refractivity contribution in [1.29, 1.82) is 0 Å². The second kappa shape index (κ2) is 7.43. The quantitative estimate of drug-likeness (QED) is 0.728. The van der Waals surface area contributed by atoms with Gasteiger partial charge in [0.15, 0.2) is 6.29 Å². The van der Waals surface area contributed by atoms with Crippen LogP contribution in [0.2, 0.25) is 0 Å². The van der Waals surface area contributed by atoms with E-state index in [4.69, 9.17) is 14.2 Å². The summed E-state index contributed by atoms with van der Waals surface area (Å²) in [5.41, 5.74) is 0. The van der Waals surface area contributed by atoms with E-state index >= 15 is 0 Å². The van der Waals surface area contributed by atoms with E-state index in [0.29, 0.717) is 12.1 Å². The molecule has 2 fully saturated rings. The summed E-state index contributed by atoms with van der Waals surface area (Å²) in [7, 11) is 0. The summed E-state index contributed by atoms with van der Waals surface area (Å²) in [5.74, 6) is 0. The molecule has 0 aromatic carbocycles. The van der Waals surface area contributed by atoms with Crippen LogP contribution in [0.15, 0.2) is 0 Å². The van der Waals surface area contributed by atoms with Crippen molar-refractivity contribution in [2.45, 2.75) is 58.0 Å². The Kier molecular flexibility index (Phi) is 5.89. The first kappa shape index (κ1) is 14.3. The van der Waals surface area contributed by atoms with Gasteiger partial charge in [-0.05, 0) is 33.1 Å². The van der Waals surface area contributed by atoms with Crippen molar-refractivity contribution in [2.24, 2.45) is 0 Å². The van der Waals surface area contributed by atoms with Crippen LogP contribution in [0.3, 0.4) is 0 Å². The molecular weight excluding hydrogens is 230 g/mol. The highest BCUT2D eigenvalue weighted by molar-refractivity contribution is 4.72. The molecule has 106 valence electrons. The zero-order valence-electron chi connectivity index (χ0n) is 11.8. The van der Waals surface area contributed by atoms with Gasteiger partial charge in [0.1, 0.15) is 0 Å². The maximum atomic E-state index is 5.83. The van der Waals surface area contributed by atoms with Crippen molar-refractivity contribution in [3.8, 4) is 0 Å². The van der Waals surface area contributed by atoms with E-state index in [0.717, 1.165) is 39.3 Å². The highest BCUT2D eigenvalue weighted by atomic mass is 16.7. The number of rotatable bonds is 6. The smallest absolute Gasteiger partial charge is 0.159 e. The molecule has 0 radical (unpaired) electrons. The van der Waals surface area contributed by atoms with Gasteiger partial charge in [0.05, 0.1) is 19.3 Å². The van der Waals surface area contributed by atoms with Crippen LogP contribution >= 0.6 is 0 Å². The Morgan fingerprint density at radius 1 is 1.06 bits per heavy atom. The first-order valence-corrected chi connectivity index (χ1v) is 7.34. The third-order valence-electron chi connectivity index (χ3n) is 3.79. The van der Waals surface area contributed by atoms with Gasteiger partial charge in [0, 0.05) is 32.2 Å². The van der Waals surface area contributed by atoms with Crippen LogP contribution in [-0.4, -0.2) is 56.2 Å². The fraction of sp³-hybridized carbons (Fsp3) is 1.00. The van der Waals surface area contributed by atoms with E-state index in [1.165, 1.54) is 19.3 Å². The van der Waals surface area contributed by atoms with Crippen molar-refractivity contribution in [3.05, 3.63) is 0 Å². The lowest BCUT2D eigenvalue weighted by Crippen LogP contribution is -2.41. The first-order chi connectivity index (χ1) is 8.75. The predicted octanol–water partition coefficient (Wildman–Crippen LogP) is 2.03. The van der Waals surface area contributed by atoms with E-state index in [9.17, 15) is 0 Å². The van der Waals surface area contributed by atoms with Crippen LogP contribution in [0.1, 0.15) is 39.5 Å². The second-order valence-corrected chi connectivity index (χ2v) is 5.54. The standard InChI is InChI=1S/C14H27NO3/c1-12(2)15(7-6-14-17-9-10-18-14)11-13-5-3-4-8-16-13/h12-14H,3-11H2,1-2H3/t13-/m0/s1. The molecule has 0 aromatic rings. The fourth-order valence-corrected chi connectivity index (χ4v) is 2.62. The zero-order chi connectivity index (χ0) is 12.8. The lowest BCUT2D eigenvalue weighted by Gasteiger charge is -2.32. The van der Waals surface area contributed by atoms with Gasteiger partial charge in [-0.3, -0.25) is 4.90 Å². The highest BCUT2D eigenvalue weighted by Gasteiger charge is 2.22. The summed E-state index contributed by atoms with van der Waals surface area (Å²) in [6, 6.07) is 0.553. The Balaban J connectivity index is 1.72. The zero-order valence-corrected chi connectivity index (χ0v) is 11.8. The molecule has 18 heavy (non-hydrogen) atoms. The summed E-state index contributed by atoms with van der Waals surface area (Å²) in [6.45, 7) is 9.01. The topological polar surface area (TPSA) is 30.9 Å². The van der Waals surface area contributed by atoms with E-state index in [1.807, 2.05) is 0 Å². The Morgan fingerprint density at radius 3 is 2.44 bits per heavy atom. The maximum Gasteiger partial charge on any atom is 0.159 e. The number of hydrogen-bond acceptors (Lipinski definition) is 4. The van der Waals surface area contributed by atoms with Crippen LogP contribution in [-0.2, 0) is 14.2 Å². The van der Waals surface area contributed by atoms with Gasteiger partial charge in [0.25, 0.3) is 0 Å². The molecule has 2 rings (SSSR count). The fourth-order valence-electron chi connectivity index (χ4n) is 2.62. The third-order valence-corrected chi connectivity index (χ3v) is 3.79. The molecule has 0 N–H and O–H groups in total. The predicted molar refractivity (Wildman–Crippen MR) is 70.6 cm³/mol. The molecule has 2 heterocycles. The lowest BCUT2D eigenvalue weighted by atomic mass is 10.1. The van der Waals surface area contributed by atoms with Gasteiger partial charge in [-0.1, -0.05) is 0 Å². The van der Waals surface area contributed by atoms with Gasteiger partial charge in [0.2, 0.25) is 0 Å². The van der Waals surface area contributed by atoms with Crippen molar-refractivity contribution >= 4 is 0 Å². The average molecular weight is 257 g/mol. The Morgan fingerprint density at radius 2 is 1.83 bits per heavy atom. The summed E-state index contributed by atoms with van der Waals surface area (Å²) < 4.78 is 16.8. The molecule has 1 atom stereocenters. The van der Waals surface area contributed by atoms with Gasteiger partial charge < -0.3 is 14.2 Å². The summed E-state index contributed by atoms with van der Waals surface area (Å²) in [6.07, 6.45) is 5.14. The van der Waals surface area contributed by atoms with Crippen molar-refractivity contribution < 1.29 is 14.2 Å². The minimum atomic E-state index is 0.0125. The molecule has 0 aromatic heterocycles. The normalized spacial score (nSPS) is 26.3. The maximum absolute atomic E-state index is 5.83. The molecule has 0 saturated carbocycles. The Bertz CT molecular complexity index is 223. The van der Waals surface area contributed by atoms with Crippen LogP contribution in [0, 0.1) is 0 Å². The molecule has 0 amide bonds. The summed E-state index contributed by atoms with van der Waals surface area (Å²) in [5, 5.41) is 0. The minimum absolute atomic E-state index is 0.0125. The molecule has 0 unspecified atom stereocenters. The Labute approximate surface area is 111 Å². The number of hydrogen-bond donors (Lipinski definition) is 0. The molecule has 0 aliphatic carbocycles. The van der Waals surface area contributed by atoms with E-state index in [1.54, 1.807) is 0 Å². The van der Waals surface area contributed by atoms with Crippen LogP contribution in [0.4, 0.5) is 0 Å². The molecule has 4 nitrogen and oxygen atoms in total. The number of ether oxygens (including phenoxy) is 3. The largest absolute Gasteiger partial charge is 0.377 e. The van der Waals surface area contributed by atoms with Crippen molar-refractivity contribution in [1.82, 2.24) is 4.90 Å². The second-order valence-electron chi connectivity index (χ2n) is 5.54. The Hall–Kier alpha value is -0.160. The molecular formula is C14H27NO3. The van der Waals surface area contributed by atoms with Crippen molar-refractivity contribution in [2.75, 3.05) is 32.9 Å². The molecule has 2 aliphatic rings. The van der Waals surface area contributed by atoms with Crippen LogP contribution in [0.5, 0.6) is 0 Å². The molecule has 2 aliphatic heterocycles. The van der Waals surface area contributed by atoms with Crippen LogP contribution in [0.25, 0.3) is 0 Å². The molecule has 0 spiro atoms. The van der Waals surface area contributed by atoms with E-state index in [2.05, 4.69) is 18.7 Å². The SMILES string of the molecule is CC(C)N(CCC1OCCO1)C[C@@H]1CCCCO1. The van der Waals surface area contributed by atoms with Gasteiger partial charge in [-0.25, -0.2) is 0 Å². The van der Waals surface area contributed by atoms with Crippen molar-refractivity contribution in [3.63, 3.8) is 0 Å². The molecule has 2 saturated heterocycles. The lowest BCUT2D eigenvalue weighted by molar-refractivity contribution is -0.0591. The van der Waals surface area contributed by atoms with Crippen LogP contribution < -0.4 is 0 Å². The monoisotopic (exact) mass is 257 g/mol. The summed E-state index contributed by atoms with van der Waals surface area (Å²) in [4.78, 5) is 2.49. The number of nitrogens with zero attached hydrogens (tertiary/aromatic N) is 1. The summed E-state index contributed by atoms with van der Waals surface area (Å²) >= 11 is 0. The first-order valence-electron chi connectivity index (χ1n) is 7.34. The average Bonchev–Trinajstić information content (AvgIpc) is 2.88. The highest BCUT2D eigenvalue weighted by Crippen LogP contribution is 2.16.